The molecule has 16 heavy (non-hydrogen) atoms. The van der Waals surface area contributed by atoms with E-state index in [1.807, 2.05) is 0 Å². The average molecular weight is 223 g/mol. The predicted octanol–water partition coefficient (Wildman–Crippen LogP) is 3.98. The van der Waals surface area contributed by atoms with Crippen LogP contribution in [-0.2, 0) is 0 Å². The van der Waals surface area contributed by atoms with E-state index >= 15 is 0 Å². The first-order valence-corrected chi connectivity index (χ1v) is 7.17. The molecule has 0 bridgehead atoms. The van der Waals surface area contributed by atoms with Crippen molar-refractivity contribution in [1.29, 1.82) is 0 Å². The molecule has 2 unspecified atom stereocenters. The highest BCUT2D eigenvalue weighted by Gasteiger charge is 2.53. The van der Waals surface area contributed by atoms with Crippen LogP contribution in [0.1, 0.15) is 66.2 Å². The zero-order valence-electron chi connectivity index (χ0n) is 11.6. The fourth-order valence-electron chi connectivity index (χ4n) is 3.47. The molecule has 2 aliphatic rings. The van der Waals surface area contributed by atoms with Gasteiger partial charge >= 0.3 is 0 Å². The van der Waals surface area contributed by atoms with Crippen LogP contribution in [0.15, 0.2) is 0 Å². The van der Waals surface area contributed by atoms with E-state index in [9.17, 15) is 0 Å². The monoisotopic (exact) mass is 223 g/mol. The summed E-state index contributed by atoms with van der Waals surface area (Å²) in [5.74, 6) is 0.990. The minimum absolute atomic E-state index is 0.613. The maximum atomic E-state index is 3.62. The van der Waals surface area contributed by atoms with Crippen molar-refractivity contribution in [2.24, 2.45) is 16.7 Å². The maximum absolute atomic E-state index is 3.62. The third kappa shape index (κ3) is 2.80. The number of nitrogens with one attached hydrogen (secondary N) is 1. The predicted molar refractivity (Wildman–Crippen MR) is 70.5 cm³/mol. The molecule has 2 rings (SSSR count). The summed E-state index contributed by atoms with van der Waals surface area (Å²) in [5, 5.41) is 3.62. The molecule has 0 radical (unpaired) electrons. The normalized spacial score (nSPS) is 37.7. The molecule has 0 aromatic heterocycles. The minimum atomic E-state index is 0.613. The van der Waals surface area contributed by atoms with Gasteiger partial charge in [-0.2, -0.15) is 0 Å². The molecule has 1 N–H and O–H groups in total. The first-order chi connectivity index (χ1) is 7.44. The van der Waals surface area contributed by atoms with Crippen molar-refractivity contribution >= 4 is 0 Å². The highest BCUT2D eigenvalue weighted by atomic mass is 14.9. The van der Waals surface area contributed by atoms with Gasteiger partial charge in [-0.25, -0.2) is 0 Å². The summed E-state index contributed by atoms with van der Waals surface area (Å²) in [4.78, 5) is 0. The van der Waals surface area contributed by atoms with Gasteiger partial charge in [0.1, 0.15) is 0 Å². The van der Waals surface area contributed by atoms with Crippen molar-refractivity contribution in [2.45, 2.75) is 72.3 Å². The van der Waals surface area contributed by atoms with Crippen LogP contribution in [0.3, 0.4) is 0 Å². The van der Waals surface area contributed by atoms with E-state index in [0.29, 0.717) is 11.5 Å². The maximum Gasteiger partial charge on any atom is 0.00104 e. The molecule has 0 amide bonds. The molecule has 1 nitrogen and oxygen atoms in total. The summed E-state index contributed by atoms with van der Waals surface area (Å²) in [7, 11) is 0. The summed E-state index contributed by atoms with van der Waals surface area (Å²) in [6, 6.07) is 0.653. The van der Waals surface area contributed by atoms with Crippen LogP contribution in [0.5, 0.6) is 0 Å². The van der Waals surface area contributed by atoms with E-state index in [0.717, 1.165) is 11.3 Å². The lowest BCUT2D eigenvalue weighted by Gasteiger charge is -2.22. The Morgan fingerprint density at radius 2 is 1.88 bits per heavy atom. The highest BCUT2D eigenvalue weighted by molar-refractivity contribution is 5.04. The average Bonchev–Trinajstić information content (AvgIpc) is 2.88. The molecule has 0 aliphatic heterocycles. The first kappa shape index (κ1) is 12.4. The van der Waals surface area contributed by atoms with Crippen molar-refractivity contribution in [2.75, 3.05) is 6.54 Å². The van der Waals surface area contributed by atoms with Crippen LogP contribution < -0.4 is 5.32 Å². The lowest BCUT2D eigenvalue weighted by Crippen LogP contribution is -2.26. The smallest absolute Gasteiger partial charge is 0.00104 e. The van der Waals surface area contributed by atoms with Crippen LogP contribution in [0.25, 0.3) is 0 Å². The van der Waals surface area contributed by atoms with Gasteiger partial charge in [-0.15, -0.1) is 0 Å². The molecular weight excluding hydrogens is 194 g/mol. The van der Waals surface area contributed by atoms with Gasteiger partial charge in [0.2, 0.25) is 0 Å². The highest BCUT2D eigenvalue weighted by Crippen LogP contribution is 2.61. The molecule has 2 saturated carbocycles. The van der Waals surface area contributed by atoms with Gasteiger partial charge in [-0.3, -0.25) is 0 Å². The van der Waals surface area contributed by atoms with Crippen molar-refractivity contribution in [3.05, 3.63) is 0 Å². The first-order valence-electron chi connectivity index (χ1n) is 7.17. The molecule has 2 aliphatic carbocycles. The summed E-state index contributed by atoms with van der Waals surface area (Å²) in [6.45, 7) is 10.7. The Morgan fingerprint density at radius 1 is 1.12 bits per heavy atom. The fraction of sp³-hybridized carbons (Fsp3) is 1.00. The second kappa shape index (κ2) is 4.33. The zero-order valence-corrected chi connectivity index (χ0v) is 11.6. The van der Waals surface area contributed by atoms with E-state index in [4.69, 9.17) is 0 Å². The fourth-order valence-corrected chi connectivity index (χ4v) is 3.47. The lowest BCUT2D eigenvalue weighted by atomic mass is 9.84. The van der Waals surface area contributed by atoms with E-state index in [-0.39, 0.29) is 0 Å². The van der Waals surface area contributed by atoms with Gasteiger partial charge in [0.25, 0.3) is 0 Å². The van der Waals surface area contributed by atoms with Gasteiger partial charge in [-0.05, 0) is 55.4 Å². The minimum Gasteiger partial charge on any atom is -0.314 e. The third-order valence-corrected chi connectivity index (χ3v) is 4.96. The van der Waals surface area contributed by atoms with Crippen molar-refractivity contribution in [3.63, 3.8) is 0 Å². The summed E-state index contributed by atoms with van der Waals surface area (Å²) in [6.07, 6.45) is 8.85. The second-order valence-electron chi connectivity index (χ2n) is 7.34. The molecular formula is C15H29N. The van der Waals surface area contributed by atoms with Crippen LogP contribution in [0.4, 0.5) is 0 Å². The molecule has 0 heterocycles. The molecule has 2 fully saturated rings. The van der Waals surface area contributed by atoms with E-state index in [2.05, 4.69) is 33.0 Å². The van der Waals surface area contributed by atoms with Gasteiger partial charge in [0.05, 0.1) is 0 Å². The Morgan fingerprint density at radius 3 is 2.56 bits per heavy atom. The molecule has 0 saturated heterocycles. The van der Waals surface area contributed by atoms with Crippen molar-refractivity contribution in [1.82, 2.24) is 5.32 Å². The lowest BCUT2D eigenvalue weighted by molar-refractivity contribution is 0.299. The standard InChI is InChI=1S/C15H29N/c1-12(2)16-11-13-10-15(13)7-5-6-14(3,4)8-9-15/h12-13,16H,5-11H2,1-4H3. The van der Waals surface area contributed by atoms with Crippen molar-refractivity contribution in [3.8, 4) is 0 Å². The Hall–Kier alpha value is -0.0400. The topological polar surface area (TPSA) is 12.0 Å². The molecule has 2 atom stereocenters. The van der Waals surface area contributed by atoms with Crippen LogP contribution >= 0.6 is 0 Å². The summed E-state index contributed by atoms with van der Waals surface area (Å²) in [5.41, 5.74) is 1.37. The molecule has 1 spiro atoms. The number of hydrogen-bond acceptors (Lipinski definition) is 1. The van der Waals surface area contributed by atoms with Gasteiger partial charge < -0.3 is 5.32 Å². The SMILES string of the molecule is CC(C)NCC1CC12CCCC(C)(C)CC2. The Kier molecular flexibility index (Phi) is 3.36. The molecule has 0 aromatic carbocycles. The summed E-state index contributed by atoms with van der Waals surface area (Å²) >= 11 is 0. The van der Waals surface area contributed by atoms with Crippen LogP contribution in [0.2, 0.25) is 0 Å². The number of hydrogen-bond donors (Lipinski definition) is 1. The van der Waals surface area contributed by atoms with Crippen LogP contribution in [0, 0.1) is 16.7 Å². The summed E-state index contributed by atoms with van der Waals surface area (Å²) < 4.78 is 0. The van der Waals surface area contributed by atoms with Gasteiger partial charge in [0, 0.05) is 6.04 Å². The van der Waals surface area contributed by atoms with E-state index in [1.165, 1.54) is 45.1 Å². The Balaban J connectivity index is 1.83. The number of rotatable bonds is 3. The van der Waals surface area contributed by atoms with Gasteiger partial charge in [-0.1, -0.05) is 34.1 Å². The molecule has 0 aromatic rings. The largest absolute Gasteiger partial charge is 0.314 e. The molecule has 94 valence electrons. The third-order valence-electron chi connectivity index (χ3n) is 4.96. The van der Waals surface area contributed by atoms with E-state index in [1.54, 1.807) is 0 Å². The van der Waals surface area contributed by atoms with Crippen molar-refractivity contribution < 1.29 is 0 Å². The quantitative estimate of drug-likeness (QED) is 0.763. The Labute approximate surface area is 101 Å². The van der Waals surface area contributed by atoms with E-state index < -0.39 is 0 Å². The van der Waals surface area contributed by atoms with Crippen LogP contribution in [-0.4, -0.2) is 12.6 Å². The second-order valence-corrected chi connectivity index (χ2v) is 7.34. The molecule has 1 heteroatoms. The Bertz CT molecular complexity index is 244. The zero-order chi connectivity index (χ0) is 11.8. The van der Waals surface area contributed by atoms with Gasteiger partial charge in [0.15, 0.2) is 0 Å².